The normalized spacial score (nSPS) is 12.6. The minimum atomic E-state index is -0.295. The Morgan fingerprint density at radius 3 is 2.43 bits per heavy atom. The van der Waals surface area contributed by atoms with Crippen molar-refractivity contribution >= 4 is 40.2 Å². The number of nitrogens with one attached hydrogen (secondary N) is 2. The number of nitrogens with zero attached hydrogens (tertiary/aromatic N) is 2. The highest BCUT2D eigenvalue weighted by atomic mass is 32.2. The predicted molar refractivity (Wildman–Crippen MR) is 174 cm³/mol. The van der Waals surface area contributed by atoms with E-state index in [-0.39, 0.29) is 36.7 Å². The smallest absolute Gasteiger partial charge is 0.262 e. The van der Waals surface area contributed by atoms with E-state index in [0.29, 0.717) is 95.0 Å². The molecule has 0 radical (unpaired) electrons. The van der Waals surface area contributed by atoms with E-state index in [4.69, 9.17) is 33.4 Å². The van der Waals surface area contributed by atoms with Crippen LogP contribution in [0.25, 0.3) is 10.9 Å². The molecule has 0 saturated heterocycles. The van der Waals surface area contributed by atoms with Crippen molar-refractivity contribution in [1.82, 2.24) is 14.9 Å². The van der Waals surface area contributed by atoms with E-state index in [9.17, 15) is 14.4 Å². The van der Waals surface area contributed by atoms with Crippen LogP contribution in [-0.2, 0) is 22.7 Å². The zero-order valence-corrected chi connectivity index (χ0v) is 26.8. The Hall–Kier alpha value is -5.11. The van der Waals surface area contributed by atoms with Crippen LogP contribution in [0.15, 0.2) is 58.5 Å². The molecule has 6 rings (SSSR count). The molecule has 0 atom stereocenters. The zero-order valence-electron chi connectivity index (χ0n) is 26.0. The first-order valence-electron chi connectivity index (χ1n) is 15.1. The molecule has 13 nitrogen and oxygen atoms in total. The molecule has 0 saturated carbocycles. The molecule has 0 fully saturated rings. The number of thioether (sulfide) groups is 1. The van der Waals surface area contributed by atoms with Gasteiger partial charge in [0.05, 0.1) is 36.6 Å². The van der Waals surface area contributed by atoms with E-state index in [1.54, 1.807) is 42.0 Å². The molecule has 3 aromatic carbocycles. The summed E-state index contributed by atoms with van der Waals surface area (Å²) in [6.45, 7) is 1.03. The van der Waals surface area contributed by atoms with Gasteiger partial charge in [0.1, 0.15) is 11.5 Å². The Kier molecular flexibility index (Phi) is 9.86. The standard InChI is InChI=1S/C33H34N4O9S/c1-41-21-8-9-23(26(13-21)42-2)35-31(39)17-47-33-36-24-15-29-28(45-19-46-29)14-22(24)32(40)37(33)11-5-3-4-6-30(38)34-16-20-7-10-25-27(12-20)44-18-43-25/h7-10,12-15H,3-6,11,16-19H2,1-2H3,(H,34,38)(H,35,39). The second-order valence-corrected chi connectivity index (χ2v) is 11.7. The third-order valence-corrected chi connectivity index (χ3v) is 8.62. The number of unbranched alkanes of at least 4 members (excludes halogenated alkanes) is 2. The van der Waals surface area contributed by atoms with Crippen molar-refractivity contribution in [1.29, 1.82) is 0 Å². The fourth-order valence-electron chi connectivity index (χ4n) is 5.19. The van der Waals surface area contributed by atoms with E-state index in [1.165, 1.54) is 7.11 Å². The summed E-state index contributed by atoms with van der Waals surface area (Å²) in [5, 5.41) is 6.59. The molecular formula is C33H34N4O9S. The van der Waals surface area contributed by atoms with Crippen molar-refractivity contribution in [3.63, 3.8) is 0 Å². The first-order chi connectivity index (χ1) is 22.9. The van der Waals surface area contributed by atoms with E-state index in [0.717, 1.165) is 17.3 Å². The molecule has 2 aliphatic heterocycles. The lowest BCUT2D eigenvalue weighted by Crippen LogP contribution is -2.25. The van der Waals surface area contributed by atoms with E-state index in [2.05, 4.69) is 10.6 Å². The average Bonchev–Trinajstić information content (AvgIpc) is 3.75. The van der Waals surface area contributed by atoms with E-state index >= 15 is 0 Å². The van der Waals surface area contributed by atoms with Gasteiger partial charge in [-0.2, -0.15) is 0 Å². The number of ether oxygens (including phenoxy) is 6. The largest absolute Gasteiger partial charge is 0.497 e. The highest BCUT2D eigenvalue weighted by molar-refractivity contribution is 7.99. The molecule has 2 N–H and O–H groups in total. The van der Waals surface area contributed by atoms with Gasteiger partial charge in [-0.1, -0.05) is 24.2 Å². The molecule has 246 valence electrons. The lowest BCUT2D eigenvalue weighted by atomic mass is 10.1. The fourth-order valence-corrected chi connectivity index (χ4v) is 6.01. The summed E-state index contributed by atoms with van der Waals surface area (Å²) in [5.74, 6) is 3.09. The van der Waals surface area contributed by atoms with Crippen molar-refractivity contribution in [2.24, 2.45) is 0 Å². The van der Waals surface area contributed by atoms with Crippen molar-refractivity contribution in [3.8, 4) is 34.5 Å². The molecule has 0 spiro atoms. The highest BCUT2D eigenvalue weighted by Crippen LogP contribution is 2.36. The quantitative estimate of drug-likeness (QED) is 0.112. The number of rotatable bonds is 14. The predicted octanol–water partition coefficient (Wildman–Crippen LogP) is 4.48. The number of hydrogen-bond donors (Lipinski definition) is 2. The fraction of sp³-hybridized carbons (Fsp3) is 0.333. The average molecular weight is 663 g/mol. The van der Waals surface area contributed by atoms with Crippen molar-refractivity contribution in [2.75, 3.05) is 38.9 Å². The SMILES string of the molecule is COc1ccc(NC(=O)CSc2nc3cc4c(cc3c(=O)n2CCCCCC(=O)NCc2ccc3c(c2)OCO3)OCO4)c(OC)c1. The number of carbonyl (C=O) groups is 2. The zero-order chi connectivity index (χ0) is 32.8. The van der Waals surface area contributed by atoms with Crippen LogP contribution in [0.1, 0.15) is 31.2 Å². The summed E-state index contributed by atoms with van der Waals surface area (Å²) in [4.78, 5) is 43.9. The summed E-state index contributed by atoms with van der Waals surface area (Å²) in [5.41, 5.74) is 1.63. The van der Waals surface area contributed by atoms with Gasteiger partial charge in [0.2, 0.25) is 25.4 Å². The number of benzene rings is 3. The van der Waals surface area contributed by atoms with Gasteiger partial charge in [-0.3, -0.25) is 19.0 Å². The van der Waals surface area contributed by atoms with E-state index < -0.39 is 0 Å². The third-order valence-electron chi connectivity index (χ3n) is 7.64. The van der Waals surface area contributed by atoms with Gasteiger partial charge < -0.3 is 39.1 Å². The summed E-state index contributed by atoms with van der Waals surface area (Å²) < 4.78 is 33.9. The second kappa shape index (κ2) is 14.5. The van der Waals surface area contributed by atoms with Gasteiger partial charge in [0.25, 0.3) is 5.56 Å². The number of methoxy groups -OCH3 is 2. The van der Waals surface area contributed by atoms with Crippen LogP contribution in [0, 0.1) is 0 Å². The van der Waals surface area contributed by atoms with E-state index in [1.807, 2.05) is 18.2 Å². The molecule has 1 aromatic heterocycles. The lowest BCUT2D eigenvalue weighted by molar-refractivity contribution is -0.121. The van der Waals surface area contributed by atoms with Gasteiger partial charge in [0.15, 0.2) is 28.2 Å². The molecule has 3 heterocycles. The van der Waals surface area contributed by atoms with Crippen LogP contribution in [0.5, 0.6) is 34.5 Å². The first-order valence-corrected chi connectivity index (χ1v) is 16.0. The molecule has 2 aliphatic rings. The topological polar surface area (TPSA) is 148 Å². The minimum Gasteiger partial charge on any atom is -0.497 e. The first kappa shape index (κ1) is 31.9. The molecule has 47 heavy (non-hydrogen) atoms. The van der Waals surface area contributed by atoms with Crippen LogP contribution in [0.3, 0.4) is 0 Å². The Morgan fingerprint density at radius 1 is 0.872 bits per heavy atom. The van der Waals surface area contributed by atoms with Crippen molar-refractivity contribution in [2.45, 2.75) is 43.9 Å². The Balaban J connectivity index is 1.07. The van der Waals surface area contributed by atoms with Gasteiger partial charge in [-0.15, -0.1) is 0 Å². The molecule has 2 amide bonds. The van der Waals surface area contributed by atoms with Crippen LogP contribution < -0.4 is 44.6 Å². The number of aromatic nitrogens is 2. The maximum Gasteiger partial charge on any atom is 0.262 e. The summed E-state index contributed by atoms with van der Waals surface area (Å²) in [7, 11) is 3.06. The van der Waals surface area contributed by atoms with Crippen LogP contribution in [0.2, 0.25) is 0 Å². The highest BCUT2D eigenvalue weighted by Gasteiger charge is 2.20. The lowest BCUT2D eigenvalue weighted by Gasteiger charge is -2.14. The monoisotopic (exact) mass is 662 g/mol. The van der Waals surface area contributed by atoms with Crippen LogP contribution in [-0.4, -0.2) is 54.9 Å². The number of hydrogen-bond acceptors (Lipinski definition) is 11. The third kappa shape index (κ3) is 7.49. The van der Waals surface area contributed by atoms with Gasteiger partial charge >= 0.3 is 0 Å². The molecular weight excluding hydrogens is 628 g/mol. The number of anilines is 1. The maximum atomic E-state index is 13.7. The molecule has 14 heteroatoms. The second-order valence-electron chi connectivity index (χ2n) is 10.8. The number of carbonyl (C=O) groups excluding carboxylic acids is 2. The van der Waals surface area contributed by atoms with Gasteiger partial charge in [-0.05, 0) is 48.7 Å². The molecule has 0 unspecified atom stereocenters. The molecule has 0 bridgehead atoms. The summed E-state index contributed by atoms with van der Waals surface area (Å²) >= 11 is 1.16. The van der Waals surface area contributed by atoms with Crippen molar-refractivity contribution < 1.29 is 38.0 Å². The minimum absolute atomic E-state index is 0.00121. The Labute approximate surface area is 274 Å². The van der Waals surface area contributed by atoms with Crippen LogP contribution in [0.4, 0.5) is 5.69 Å². The van der Waals surface area contributed by atoms with Gasteiger partial charge in [-0.25, -0.2) is 4.98 Å². The Morgan fingerprint density at radius 2 is 1.64 bits per heavy atom. The summed E-state index contributed by atoms with van der Waals surface area (Å²) in [6, 6.07) is 14.0. The van der Waals surface area contributed by atoms with Crippen LogP contribution >= 0.6 is 11.8 Å². The molecule has 4 aromatic rings. The number of fused-ring (bicyclic) bond motifs is 3. The maximum absolute atomic E-state index is 13.7. The Bertz CT molecular complexity index is 1860. The van der Waals surface area contributed by atoms with Crippen molar-refractivity contribution in [3.05, 3.63) is 64.4 Å². The van der Waals surface area contributed by atoms with Gasteiger partial charge in [0, 0.05) is 31.6 Å². The summed E-state index contributed by atoms with van der Waals surface area (Å²) in [6.07, 6.45) is 2.35. The molecule has 0 aliphatic carbocycles. The number of amides is 2.